The maximum Gasteiger partial charge on any atom is 0.388 e. The Labute approximate surface area is 66.9 Å². The number of rotatable bonds is 1. The zero-order valence-electron chi connectivity index (χ0n) is 5.32. The standard InChI is InChI=1S/C5H4ClN3O2/c6-3-1-2-8-5(4(3)7)9(10)11/h1-2H,7H2. The molecule has 11 heavy (non-hydrogen) atoms. The number of halogens is 1. The fraction of sp³-hybridized carbons (Fsp3) is 0. The van der Waals surface area contributed by atoms with Gasteiger partial charge in [-0.2, -0.15) is 0 Å². The molecule has 6 heteroatoms. The van der Waals surface area contributed by atoms with Gasteiger partial charge in [-0.15, -0.1) is 0 Å². The molecule has 2 N–H and O–H groups in total. The molecule has 1 aromatic heterocycles. The van der Waals surface area contributed by atoms with E-state index in [4.69, 9.17) is 17.3 Å². The molecule has 0 aromatic carbocycles. The van der Waals surface area contributed by atoms with Crippen LogP contribution < -0.4 is 5.73 Å². The van der Waals surface area contributed by atoms with E-state index in [-0.39, 0.29) is 10.7 Å². The lowest BCUT2D eigenvalue weighted by atomic mass is 10.4. The Morgan fingerprint density at radius 1 is 1.73 bits per heavy atom. The molecule has 0 aliphatic rings. The van der Waals surface area contributed by atoms with Crippen LogP contribution in [0.15, 0.2) is 12.3 Å². The minimum absolute atomic E-state index is 0.0980. The molecular formula is C5H4ClN3O2. The average molecular weight is 174 g/mol. The van der Waals surface area contributed by atoms with Gasteiger partial charge in [0.1, 0.15) is 11.9 Å². The quantitative estimate of drug-likeness (QED) is 0.511. The van der Waals surface area contributed by atoms with Gasteiger partial charge in [0.05, 0.1) is 5.02 Å². The van der Waals surface area contributed by atoms with Gasteiger partial charge < -0.3 is 15.8 Å². The Bertz CT molecular complexity index is 302. The summed E-state index contributed by atoms with van der Waals surface area (Å²) in [6.45, 7) is 0. The molecule has 0 bridgehead atoms. The van der Waals surface area contributed by atoms with Crippen molar-refractivity contribution in [1.82, 2.24) is 4.98 Å². The monoisotopic (exact) mass is 173 g/mol. The van der Waals surface area contributed by atoms with Crippen molar-refractivity contribution in [3.05, 3.63) is 27.4 Å². The van der Waals surface area contributed by atoms with Crippen molar-refractivity contribution >= 4 is 23.1 Å². The predicted octanol–water partition coefficient (Wildman–Crippen LogP) is 1.23. The van der Waals surface area contributed by atoms with Crippen LogP contribution in [0.3, 0.4) is 0 Å². The molecule has 1 aromatic rings. The number of nitrogens with two attached hydrogens (primary N) is 1. The highest BCUT2D eigenvalue weighted by atomic mass is 35.5. The van der Waals surface area contributed by atoms with Crippen LogP contribution in [0.5, 0.6) is 0 Å². The summed E-state index contributed by atoms with van der Waals surface area (Å²) in [4.78, 5) is 12.9. The zero-order chi connectivity index (χ0) is 8.43. The van der Waals surface area contributed by atoms with Crippen molar-refractivity contribution in [2.45, 2.75) is 0 Å². The molecule has 0 spiro atoms. The Morgan fingerprint density at radius 3 is 2.82 bits per heavy atom. The topological polar surface area (TPSA) is 82.0 Å². The van der Waals surface area contributed by atoms with E-state index in [1.54, 1.807) is 0 Å². The minimum atomic E-state index is -0.679. The Morgan fingerprint density at radius 2 is 2.36 bits per heavy atom. The largest absolute Gasteiger partial charge is 0.391 e. The van der Waals surface area contributed by atoms with Crippen LogP contribution in [0.1, 0.15) is 0 Å². The maximum absolute atomic E-state index is 10.2. The highest BCUT2D eigenvalue weighted by molar-refractivity contribution is 6.33. The van der Waals surface area contributed by atoms with Gasteiger partial charge >= 0.3 is 5.82 Å². The molecule has 58 valence electrons. The fourth-order valence-electron chi connectivity index (χ4n) is 0.585. The highest BCUT2D eigenvalue weighted by Crippen LogP contribution is 2.25. The van der Waals surface area contributed by atoms with E-state index < -0.39 is 10.7 Å². The Balaban J connectivity index is 3.27. The first-order chi connectivity index (χ1) is 5.13. The molecule has 0 aliphatic heterocycles. The Kier molecular flexibility index (Phi) is 1.91. The van der Waals surface area contributed by atoms with Gasteiger partial charge in [0.15, 0.2) is 0 Å². The first-order valence-electron chi connectivity index (χ1n) is 2.67. The van der Waals surface area contributed by atoms with Gasteiger partial charge in [-0.05, 0) is 9.91 Å². The second-order valence-electron chi connectivity index (χ2n) is 1.79. The minimum Gasteiger partial charge on any atom is -0.391 e. The molecule has 0 fully saturated rings. The molecule has 0 atom stereocenters. The molecule has 1 heterocycles. The third kappa shape index (κ3) is 1.38. The number of hydrogen-bond acceptors (Lipinski definition) is 4. The van der Waals surface area contributed by atoms with E-state index >= 15 is 0 Å². The number of anilines is 1. The van der Waals surface area contributed by atoms with E-state index in [1.165, 1.54) is 12.3 Å². The Hall–Kier alpha value is -1.36. The third-order valence-electron chi connectivity index (χ3n) is 1.09. The van der Waals surface area contributed by atoms with Gasteiger partial charge in [-0.1, -0.05) is 11.6 Å². The molecule has 5 nitrogen and oxygen atoms in total. The summed E-state index contributed by atoms with van der Waals surface area (Å²) >= 11 is 5.49. The number of pyridine rings is 1. The fourth-order valence-corrected chi connectivity index (χ4v) is 0.726. The predicted molar refractivity (Wildman–Crippen MR) is 40.3 cm³/mol. The van der Waals surface area contributed by atoms with Crippen LogP contribution in [0, 0.1) is 10.1 Å². The van der Waals surface area contributed by atoms with Crippen molar-refractivity contribution in [1.29, 1.82) is 0 Å². The summed E-state index contributed by atoms with van der Waals surface area (Å²) < 4.78 is 0. The first-order valence-corrected chi connectivity index (χ1v) is 3.05. The molecule has 0 aliphatic carbocycles. The SMILES string of the molecule is Nc1c(Cl)ccnc1[N+](=O)[O-]. The van der Waals surface area contributed by atoms with E-state index in [1.807, 2.05) is 0 Å². The van der Waals surface area contributed by atoms with Crippen LogP contribution in [0.25, 0.3) is 0 Å². The summed E-state index contributed by atoms with van der Waals surface area (Å²) in [6.07, 6.45) is 1.23. The normalized spacial score (nSPS) is 9.55. The van der Waals surface area contributed by atoms with Crippen LogP contribution in [-0.4, -0.2) is 9.91 Å². The number of nitro groups is 1. The summed E-state index contributed by atoms with van der Waals surface area (Å²) in [6, 6.07) is 1.39. The van der Waals surface area contributed by atoms with Crippen LogP contribution >= 0.6 is 11.6 Å². The van der Waals surface area contributed by atoms with E-state index in [0.717, 1.165) is 0 Å². The summed E-state index contributed by atoms with van der Waals surface area (Å²) in [7, 11) is 0. The van der Waals surface area contributed by atoms with Gasteiger partial charge in [-0.25, -0.2) is 0 Å². The van der Waals surface area contributed by atoms with Crippen molar-refractivity contribution in [2.24, 2.45) is 0 Å². The molecule has 0 amide bonds. The third-order valence-corrected chi connectivity index (χ3v) is 1.42. The smallest absolute Gasteiger partial charge is 0.388 e. The molecule has 1 rings (SSSR count). The van der Waals surface area contributed by atoms with Gasteiger partial charge in [0.25, 0.3) is 0 Å². The van der Waals surface area contributed by atoms with Crippen LogP contribution in [0.2, 0.25) is 5.02 Å². The molecule has 0 unspecified atom stereocenters. The van der Waals surface area contributed by atoms with Crippen molar-refractivity contribution in [2.75, 3.05) is 5.73 Å². The second kappa shape index (κ2) is 2.71. The average Bonchev–Trinajstić information content (AvgIpc) is 1.94. The van der Waals surface area contributed by atoms with Crippen molar-refractivity contribution < 1.29 is 4.92 Å². The number of aromatic nitrogens is 1. The molecular weight excluding hydrogens is 170 g/mol. The lowest BCUT2D eigenvalue weighted by Crippen LogP contribution is -1.98. The number of nitrogen functional groups attached to an aromatic ring is 1. The van der Waals surface area contributed by atoms with E-state index in [9.17, 15) is 10.1 Å². The highest BCUT2D eigenvalue weighted by Gasteiger charge is 2.14. The second-order valence-corrected chi connectivity index (χ2v) is 2.19. The van der Waals surface area contributed by atoms with Crippen LogP contribution in [0.4, 0.5) is 11.5 Å². The molecule has 0 radical (unpaired) electrons. The summed E-state index contributed by atoms with van der Waals surface area (Å²) in [5.41, 5.74) is 5.15. The first kappa shape index (κ1) is 7.74. The summed E-state index contributed by atoms with van der Waals surface area (Å²) in [5, 5.41) is 10.3. The lowest BCUT2D eigenvalue weighted by molar-refractivity contribution is -0.388. The summed E-state index contributed by atoms with van der Waals surface area (Å²) in [5.74, 6) is -0.405. The number of nitrogens with zero attached hydrogens (tertiary/aromatic N) is 2. The lowest BCUT2D eigenvalue weighted by Gasteiger charge is -1.96. The maximum atomic E-state index is 10.2. The van der Waals surface area contributed by atoms with Gasteiger partial charge in [-0.3, -0.25) is 0 Å². The van der Waals surface area contributed by atoms with Crippen LogP contribution in [-0.2, 0) is 0 Å². The molecule has 0 saturated carbocycles. The van der Waals surface area contributed by atoms with E-state index in [0.29, 0.717) is 0 Å². The van der Waals surface area contributed by atoms with Crippen molar-refractivity contribution in [3.8, 4) is 0 Å². The van der Waals surface area contributed by atoms with Gasteiger partial charge in [0, 0.05) is 6.07 Å². The zero-order valence-corrected chi connectivity index (χ0v) is 6.08. The van der Waals surface area contributed by atoms with Gasteiger partial charge in [0.2, 0.25) is 0 Å². The molecule has 0 saturated heterocycles. The van der Waals surface area contributed by atoms with E-state index in [2.05, 4.69) is 4.98 Å². The number of hydrogen-bond donors (Lipinski definition) is 1. The van der Waals surface area contributed by atoms with Crippen molar-refractivity contribution in [3.63, 3.8) is 0 Å².